The Labute approximate surface area is 126 Å². The van der Waals surface area contributed by atoms with E-state index in [1.54, 1.807) is 37.3 Å². The third-order valence-electron chi connectivity index (χ3n) is 2.60. The van der Waals surface area contributed by atoms with E-state index in [0.717, 1.165) is 0 Å². The molecule has 0 aliphatic rings. The van der Waals surface area contributed by atoms with Crippen LogP contribution in [0.4, 0.5) is 0 Å². The van der Waals surface area contributed by atoms with E-state index in [0.29, 0.717) is 41.4 Å². The Bertz CT molecular complexity index is 420. The van der Waals surface area contributed by atoms with Crippen molar-refractivity contribution in [2.24, 2.45) is 0 Å². The van der Waals surface area contributed by atoms with E-state index >= 15 is 0 Å². The van der Waals surface area contributed by atoms with E-state index in [9.17, 15) is 4.79 Å². The van der Waals surface area contributed by atoms with Crippen LogP contribution in [0.25, 0.3) is 0 Å². The molecule has 4 nitrogen and oxygen atoms in total. The Morgan fingerprint density at radius 1 is 1.26 bits per heavy atom. The minimum absolute atomic E-state index is 0.125. The molecule has 1 amide bonds. The molecule has 106 valence electrons. The van der Waals surface area contributed by atoms with Gasteiger partial charge in [0.2, 0.25) is 0 Å². The van der Waals surface area contributed by atoms with Gasteiger partial charge in [-0.3, -0.25) is 4.79 Å². The van der Waals surface area contributed by atoms with Gasteiger partial charge in [0.05, 0.1) is 23.8 Å². The number of hydrogen-bond acceptors (Lipinski definition) is 3. The van der Waals surface area contributed by atoms with Crippen molar-refractivity contribution in [2.45, 2.75) is 0 Å². The van der Waals surface area contributed by atoms with E-state index < -0.39 is 0 Å². The molecule has 0 atom stereocenters. The van der Waals surface area contributed by atoms with Gasteiger partial charge in [0.15, 0.2) is 0 Å². The average Bonchev–Trinajstić information content (AvgIpc) is 2.41. The van der Waals surface area contributed by atoms with E-state index in [-0.39, 0.29) is 5.91 Å². The molecular weight excluding hydrogens is 334 g/mol. The lowest BCUT2D eigenvalue weighted by Crippen LogP contribution is -2.36. The van der Waals surface area contributed by atoms with Gasteiger partial charge in [0.25, 0.3) is 5.91 Å². The average molecular weight is 351 g/mol. The summed E-state index contributed by atoms with van der Waals surface area (Å²) in [5.41, 5.74) is 0.475. The lowest BCUT2D eigenvalue weighted by molar-refractivity contribution is 0.0627. The first-order chi connectivity index (χ1) is 9.11. The van der Waals surface area contributed by atoms with E-state index in [2.05, 4.69) is 15.9 Å². The van der Waals surface area contributed by atoms with Crippen LogP contribution in [0.1, 0.15) is 10.4 Å². The molecule has 0 aliphatic carbocycles. The van der Waals surface area contributed by atoms with Gasteiger partial charge in [-0.25, -0.2) is 0 Å². The Morgan fingerprint density at radius 2 is 1.84 bits per heavy atom. The van der Waals surface area contributed by atoms with Gasteiger partial charge in [-0.15, -0.1) is 0 Å². The van der Waals surface area contributed by atoms with Crippen molar-refractivity contribution in [1.29, 1.82) is 0 Å². The monoisotopic (exact) mass is 349 g/mol. The molecule has 0 heterocycles. The molecule has 0 saturated carbocycles. The number of carbonyl (C=O) groups is 1. The van der Waals surface area contributed by atoms with Crippen LogP contribution >= 0.6 is 27.5 Å². The predicted octanol–water partition coefficient (Wildman–Crippen LogP) is 2.84. The number of hydrogen-bond donors (Lipinski definition) is 0. The van der Waals surface area contributed by atoms with Crippen molar-refractivity contribution < 1.29 is 14.3 Å². The summed E-state index contributed by atoms with van der Waals surface area (Å²) in [4.78, 5) is 14.1. The number of benzene rings is 1. The zero-order valence-corrected chi connectivity index (χ0v) is 13.3. The second kappa shape index (κ2) is 8.53. The summed E-state index contributed by atoms with van der Waals surface area (Å²) in [5, 5.41) is 0.423. The van der Waals surface area contributed by atoms with Crippen LogP contribution in [0.15, 0.2) is 22.7 Å². The highest BCUT2D eigenvalue weighted by molar-refractivity contribution is 9.10. The highest BCUT2D eigenvalue weighted by Gasteiger charge is 2.19. The fraction of sp³-hybridized carbons (Fsp3) is 0.462. The zero-order chi connectivity index (χ0) is 14.3. The molecule has 0 N–H and O–H groups in total. The minimum atomic E-state index is -0.125. The molecule has 0 radical (unpaired) electrons. The summed E-state index contributed by atoms with van der Waals surface area (Å²) in [6, 6.07) is 5.30. The van der Waals surface area contributed by atoms with Gasteiger partial charge in [0, 0.05) is 31.8 Å². The van der Waals surface area contributed by atoms with Crippen molar-refractivity contribution in [3.05, 3.63) is 33.3 Å². The third kappa shape index (κ3) is 4.76. The lowest BCUT2D eigenvalue weighted by Gasteiger charge is -2.22. The maximum absolute atomic E-state index is 12.4. The summed E-state index contributed by atoms with van der Waals surface area (Å²) in [7, 11) is 3.20. The molecule has 0 bridgehead atoms. The van der Waals surface area contributed by atoms with Crippen molar-refractivity contribution in [1.82, 2.24) is 4.90 Å². The maximum Gasteiger partial charge on any atom is 0.255 e. The summed E-state index contributed by atoms with van der Waals surface area (Å²) in [6.45, 7) is 1.95. The first-order valence-electron chi connectivity index (χ1n) is 5.83. The number of ether oxygens (including phenoxy) is 2. The Hall–Kier alpha value is -0.620. The minimum Gasteiger partial charge on any atom is -0.383 e. The predicted molar refractivity (Wildman–Crippen MR) is 78.8 cm³/mol. The van der Waals surface area contributed by atoms with Crippen LogP contribution in [0.2, 0.25) is 5.02 Å². The molecule has 0 spiro atoms. The summed E-state index contributed by atoms with van der Waals surface area (Å²) in [6.07, 6.45) is 0. The molecule has 19 heavy (non-hydrogen) atoms. The summed E-state index contributed by atoms with van der Waals surface area (Å²) < 4.78 is 10.7. The van der Waals surface area contributed by atoms with E-state index in [1.165, 1.54) is 0 Å². The summed E-state index contributed by atoms with van der Waals surface area (Å²) in [5.74, 6) is -0.125. The molecule has 0 saturated heterocycles. The van der Waals surface area contributed by atoms with Gasteiger partial charge in [-0.1, -0.05) is 17.7 Å². The molecule has 0 aromatic heterocycles. The van der Waals surface area contributed by atoms with Gasteiger partial charge in [-0.05, 0) is 28.1 Å². The van der Waals surface area contributed by atoms with Gasteiger partial charge >= 0.3 is 0 Å². The van der Waals surface area contributed by atoms with Gasteiger partial charge < -0.3 is 14.4 Å². The van der Waals surface area contributed by atoms with Gasteiger partial charge in [-0.2, -0.15) is 0 Å². The number of halogens is 2. The number of rotatable bonds is 7. The molecule has 1 aromatic carbocycles. The standard InChI is InChI=1S/C13H17BrClNO3/c1-18-8-6-16(7-9-19-2)13(17)10-4-3-5-11(14)12(10)15/h3-5H,6-9H2,1-2H3. The Kier molecular flexibility index (Phi) is 7.38. The van der Waals surface area contributed by atoms with Crippen LogP contribution in [-0.2, 0) is 9.47 Å². The highest BCUT2D eigenvalue weighted by atomic mass is 79.9. The van der Waals surface area contributed by atoms with Crippen LogP contribution in [-0.4, -0.2) is 51.3 Å². The smallest absolute Gasteiger partial charge is 0.255 e. The lowest BCUT2D eigenvalue weighted by atomic mass is 10.2. The van der Waals surface area contributed by atoms with Crippen molar-refractivity contribution in [2.75, 3.05) is 40.5 Å². The highest BCUT2D eigenvalue weighted by Crippen LogP contribution is 2.26. The molecule has 0 aliphatic heterocycles. The zero-order valence-electron chi connectivity index (χ0n) is 11.0. The second-order valence-electron chi connectivity index (χ2n) is 3.88. The molecule has 0 fully saturated rings. The number of carbonyl (C=O) groups excluding carboxylic acids is 1. The third-order valence-corrected chi connectivity index (χ3v) is 3.90. The number of nitrogens with zero attached hydrogens (tertiary/aromatic N) is 1. The fourth-order valence-electron chi connectivity index (χ4n) is 1.56. The molecule has 6 heteroatoms. The van der Waals surface area contributed by atoms with Crippen molar-refractivity contribution in [3.8, 4) is 0 Å². The number of amides is 1. The van der Waals surface area contributed by atoms with Crippen molar-refractivity contribution in [3.63, 3.8) is 0 Å². The quantitative estimate of drug-likeness (QED) is 0.759. The molecule has 1 rings (SSSR count). The second-order valence-corrected chi connectivity index (χ2v) is 5.11. The first-order valence-corrected chi connectivity index (χ1v) is 7.00. The Balaban J connectivity index is 2.87. The normalized spacial score (nSPS) is 10.5. The first kappa shape index (κ1) is 16.4. The van der Waals surface area contributed by atoms with Crippen LogP contribution in [0.5, 0.6) is 0 Å². The number of methoxy groups -OCH3 is 2. The Morgan fingerprint density at radius 3 is 2.37 bits per heavy atom. The largest absolute Gasteiger partial charge is 0.383 e. The van der Waals surface area contributed by atoms with E-state index in [1.807, 2.05) is 0 Å². The van der Waals surface area contributed by atoms with Crippen molar-refractivity contribution >= 4 is 33.4 Å². The topological polar surface area (TPSA) is 38.8 Å². The summed E-state index contributed by atoms with van der Waals surface area (Å²) >= 11 is 9.46. The maximum atomic E-state index is 12.4. The van der Waals surface area contributed by atoms with Crippen LogP contribution < -0.4 is 0 Å². The molecular formula is C13H17BrClNO3. The fourth-order valence-corrected chi connectivity index (χ4v) is 2.13. The SMILES string of the molecule is COCCN(CCOC)C(=O)c1cccc(Br)c1Cl. The van der Waals surface area contributed by atoms with Crippen LogP contribution in [0, 0.1) is 0 Å². The molecule has 0 unspecified atom stereocenters. The molecule has 1 aromatic rings. The van der Waals surface area contributed by atoms with E-state index in [4.69, 9.17) is 21.1 Å². The van der Waals surface area contributed by atoms with Crippen LogP contribution in [0.3, 0.4) is 0 Å². The van der Waals surface area contributed by atoms with Gasteiger partial charge in [0.1, 0.15) is 0 Å².